The number of amides is 2. The zero-order chi connectivity index (χ0) is 14.0. The lowest BCUT2D eigenvalue weighted by Crippen LogP contribution is -2.16. The third kappa shape index (κ3) is 2.62. The minimum atomic E-state index is -0.519. The summed E-state index contributed by atoms with van der Waals surface area (Å²) in [5, 5.41) is 6.66. The molecule has 2 rings (SSSR count). The highest BCUT2D eigenvalue weighted by molar-refractivity contribution is 6.05. The van der Waals surface area contributed by atoms with E-state index < -0.39 is 5.91 Å². The molecule has 1 aromatic carbocycles. The normalized spacial score (nSPS) is 10.2. The van der Waals surface area contributed by atoms with Crippen LogP contribution in [0.4, 0.5) is 5.69 Å². The van der Waals surface area contributed by atoms with Gasteiger partial charge in [-0.2, -0.15) is 5.10 Å². The second kappa shape index (κ2) is 4.93. The van der Waals surface area contributed by atoms with Gasteiger partial charge in [0.2, 0.25) is 5.91 Å². The highest BCUT2D eigenvalue weighted by Gasteiger charge is 2.12. The molecule has 2 amide bonds. The summed E-state index contributed by atoms with van der Waals surface area (Å²) in [7, 11) is 1.73. The monoisotopic (exact) mass is 258 g/mol. The summed E-state index contributed by atoms with van der Waals surface area (Å²) in [6.07, 6.45) is 3.09. The van der Waals surface area contributed by atoms with Gasteiger partial charge in [0.05, 0.1) is 11.8 Å². The molecule has 0 aliphatic carbocycles. The molecule has 0 aliphatic heterocycles. The summed E-state index contributed by atoms with van der Waals surface area (Å²) < 4.78 is 1.54. The van der Waals surface area contributed by atoms with E-state index in [1.165, 1.54) is 6.20 Å². The molecule has 0 saturated heterocycles. The van der Waals surface area contributed by atoms with Crippen LogP contribution in [-0.2, 0) is 7.05 Å². The lowest BCUT2D eigenvalue weighted by molar-refractivity contribution is 0.0995. The van der Waals surface area contributed by atoms with Crippen LogP contribution >= 0.6 is 0 Å². The van der Waals surface area contributed by atoms with Crippen LogP contribution in [-0.4, -0.2) is 21.6 Å². The van der Waals surface area contributed by atoms with Crippen molar-refractivity contribution in [1.29, 1.82) is 0 Å². The first-order valence-electron chi connectivity index (χ1n) is 5.68. The van der Waals surface area contributed by atoms with Gasteiger partial charge in [0.25, 0.3) is 5.91 Å². The zero-order valence-corrected chi connectivity index (χ0v) is 10.7. The van der Waals surface area contributed by atoms with Crippen LogP contribution in [0.25, 0.3) is 0 Å². The van der Waals surface area contributed by atoms with Crippen LogP contribution in [0, 0.1) is 6.92 Å². The van der Waals surface area contributed by atoms with Gasteiger partial charge in [0, 0.05) is 24.5 Å². The minimum absolute atomic E-state index is 0.280. The Labute approximate surface area is 110 Å². The molecule has 0 spiro atoms. The van der Waals surface area contributed by atoms with Gasteiger partial charge in [-0.15, -0.1) is 0 Å². The first-order chi connectivity index (χ1) is 8.99. The zero-order valence-electron chi connectivity index (χ0n) is 10.7. The number of aromatic nitrogens is 2. The van der Waals surface area contributed by atoms with Crippen molar-refractivity contribution in [2.45, 2.75) is 6.92 Å². The van der Waals surface area contributed by atoms with Crippen LogP contribution in [0.1, 0.15) is 26.3 Å². The molecule has 0 aliphatic rings. The number of carbonyl (C=O) groups excluding carboxylic acids is 2. The average molecular weight is 258 g/mol. The third-order valence-electron chi connectivity index (χ3n) is 2.81. The molecule has 0 saturated carbocycles. The van der Waals surface area contributed by atoms with Crippen molar-refractivity contribution >= 4 is 17.5 Å². The van der Waals surface area contributed by atoms with Crippen molar-refractivity contribution < 1.29 is 9.59 Å². The Hall–Kier alpha value is -2.63. The molecule has 0 fully saturated rings. The second-order valence-corrected chi connectivity index (χ2v) is 4.20. The molecule has 1 aromatic heterocycles. The number of hydrogen-bond acceptors (Lipinski definition) is 3. The van der Waals surface area contributed by atoms with Crippen LogP contribution in [0.15, 0.2) is 30.6 Å². The van der Waals surface area contributed by atoms with Crippen molar-refractivity contribution in [3.8, 4) is 0 Å². The van der Waals surface area contributed by atoms with Gasteiger partial charge in [-0.1, -0.05) is 6.07 Å². The van der Waals surface area contributed by atoms with Gasteiger partial charge >= 0.3 is 0 Å². The number of hydrogen-bond donors (Lipinski definition) is 2. The van der Waals surface area contributed by atoms with Gasteiger partial charge < -0.3 is 11.1 Å². The van der Waals surface area contributed by atoms with Gasteiger partial charge in [0.15, 0.2) is 0 Å². The van der Waals surface area contributed by atoms with E-state index in [2.05, 4.69) is 10.4 Å². The first-order valence-corrected chi connectivity index (χ1v) is 5.68. The predicted molar refractivity (Wildman–Crippen MR) is 70.9 cm³/mol. The summed E-state index contributed by atoms with van der Waals surface area (Å²) in [6, 6.07) is 5.01. The highest BCUT2D eigenvalue weighted by atomic mass is 16.2. The fourth-order valence-electron chi connectivity index (χ4n) is 1.77. The van der Waals surface area contributed by atoms with E-state index in [1.54, 1.807) is 43.0 Å². The SMILES string of the molecule is Cc1c(NC(=O)c2cnn(C)c2)cccc1C(N)=O. The Morgan fingerprint density at radius 2 is 2.11 bits per heavy atom. The Morgan fingerprint density at radius 3 is 2.68 bits per heavy atom. The summed E-state index contributed by atoms with van der Waals surface area (Å²) >= 11 is 0. The van der Waals surface area contributed by atoms with E-state index in [1.807, 2.05) is 0 Å². The molecular formula is C13H14N4O2. The number of anilines is 1. The van der Waals surface area contributed by atoms with Crippen molar-refractivity contribution in [2.75, 3.05) is 5.32 Å². The van der Waals surface area contributed by atoms with Crippen LogP contribution < -0.4 is 11.1 Å². The van der Waals surface area contributed by atoms with Gasteiger partial charge in [0.1, 0.15) is 0 Å². The lowest BCUT2D eigenvalue weighted by atomic mass is 10.1. The Morgan fingerprint density at radius 1 is 1.37 bits per heavy atom. The standard InChI is InChI=1S/C13H14N4O2/c1-8-10(12(14)18)4-3-5-11(8)16-13(19)9-6-15-17(2)7-9/h3-7H,1-2H3,(H2,14,18)(H,16,19). The van der Waals surface area contributed by atoms with E-state index in [-0.39, 0.29) is 5.91 Å². The van der Waals surface area contributed by atoms with E-state index in [9.17, 15) is 9.59 Å². The highest BCUT2D eigenvalue weighted by Crippen LogP contribution is 2.19. The fourth-order valence-corrected chi connectivity index (χ4v) is 1.77. The molecule has 6 heteroatoms. The number of nitrogens with zero attached hydrogens (tertiary/aromatic N) is 2. The topological polar surface area (TPSA) is 90.0 Å². The van der Waals surface area contributed by atoms with Crippen LogP contribution in [0.3, 0.4) is 0 Å². The molecule has 2 aromatic rings. The molecule has 0 radical (unpaired) electrons. The lowest BCUT2D eigenvalue weighted by Gasteiger charge is -2.09. The van der Waals surface area contributed by atoms with Gasteiger partial charge in [-0.05, 0) is 24.6 Å². The van der Waals surface area contributed by atoms with Crippen LogP contribution in [0.5, 0.6) is 0 Å². The summed E-state index contributed by atoms with van der Waals surface area (Å²) in [4.78, 5) is 23.2. The average Bonchev–Trinajstić information content (AvgIpc) is 2.78. The molecule has 0 bridgehead atoms. The van der Waals surface area contributed by atoms with Crippen molar-refractivity contribution in [3.63, 3.8) is 0 Å². The van der Waals surface area contributed by atoms with Gasteiger partial charge in [-0.25, -0.2) is 0 Å². The maximum Gasteiger partial charge on any atom is 0.258 e. The number of benzene rings is 1. The molecule has 6 nitrogen and oxygen atoms in total. The number of rotatable bonds is 3. The van der Waals surface area contributed by atoms with Crippen molar-refractivity contribution in [3.05, 3.63) is 47.3 Å². The van der Waals surface area contributed by atoms with E-state index in [0.717, 1.165) is 0 Å². The summed E-state index contributed by atoms with van der Waals surface area (Å²) in [6.45, 7) is 1.74. The Bertz CT molecular complexity index is 646. The Balaban J connectivity index is 2.27. The predicted octanol–water partition coefficient (Wildman–Crippen LogP) is 1.08. The molecule has 3 N–H and O–H groups in total. The quantitative estimate of drug-likeness (QED) is 0.863. The smallest absolute Gasteiger partial charge is 0.258 e. The van der Waals surface area contributed by atoms with Crippen molar-refractivity contribution in [1.82, 2.24) is 9.78 Å². The maximum absolute atomic E-state index is 12.0. The molecular weight excluding hydrogens is 244 g/mol. The molecule has 98 valence electrons. The Kier molecular flexibility index (Phi) is 3.33. The maximum atomic E-state index is 12.0. The van der Waals surface area contributed by atoms with E-state index in [4.69, 9.17) is 5.73 Å². The second-order valence-electron chi connectivity index (χ2n) is 4.20. The van der Waals surface area contributed by atoms with Crippen molar-refractivity contribution in [2.24, 2.45) is 12.8 Å². The number of primary amides is 1. The number of nitrogens with two attached hydrogens (primary N) is 1. The first kappa shape index (κ1) is 12.8. The van der Waals surface area contributed by atoms with E-state index >= 15 is 0 Å². The molecule has 0 atom stereocenters. The van der Waals surface area contributed by atoms with Gasteiger partial charge in [-0.3, -0.25) is 14.3 Å². The number of aryl methyl sites for hydroxylation is 1. The molecule has 0 unspecified atom stereocenters. The molecule has 1 heterocycles. The fraction of sp³-hybridized carbons (Fsp3) is 0.154. The number of nitrogens with one attached hydrogen (secondary N) is 1. The summed E-state index contributed by atoms with van der Waals surface area (Å²) in [5.74, 6) is -0.798. The third-order valence-corrected chi connectivity index (χ3v) is 2.81. The minimum Gasteiger partial charge on any atom is -0.366 e. The molecule has 19 heavy (non-hydrogen) atoms. The number of carbonyl (C=O) groups is 2. The van der Waals surface area contributed by atoms with E-state index in [0.29, 0.717) is 22.4 Å². The largest absolute Gasteiger partial charge is 0.366 e. The van der Waals surface area contributed by atoms with Crippen LogP contribution in [0.2, 0.25) is 0 Å². The summed E-state index contributed by atoms with van der Waals surface area (Å²) in [5.41, 5.74) is 7.31.